The van der Waals surface area contributed by atoms with Crippen molar-refractivity contribution in [1.82, 2.24) is 0 Å². The molecule has 0 heterocycles. The summed E-state index contributed by atoms with van der Waals surface area (Å²) in [7, 11) is 0. The Morgan fingerprint density at radius 1 is 1.20 bits per heavy atom. The second kappa shape index (κ2) is 5.06. The van der Waals surface area contributed by atoms with Gasteiger partial charge in [-0.05, 0) is 53.5 Å². The van der Waals surface area contributed by atoms with E-state index in [4.69, 9.17) is 6.42 Å². The van der Waals surface area contributed by atoms with E-state index in [0.717, 1.165) is 18.4 Å². The van der Waals surface area contributed by atoms with Crippen molar-refractivity contribution in [3.05, 3.63) is 64.7 Å². The van der Waals surface area contributed by atoms with Crippen molar-refractivity contribution in [2.45, 2.75) is 31.6 Å². The minimum Gasteiger partial charge on any atom is -0.508 e. The van der Waals surface area contributed by atoms with Crippen molar-refractivity contribution in [3.8, 4) is 18.1 Å². The first-order chi connectivity index (χ1) is 9.74. The molecule has 0 fully saturated rings. The molecule has 0 aliphatic heterocycles. The van der Waals surface area contributed by atoms with Crippen LogP contribution in [0.2, 0.25) is 0 Å². The summed E-state index contributed by atoms with van der Waals surface area (Å²) in [5, 5.41) is 9.61. The Morgan fingerprint density at radius 3 is 2.75 bits per heavy atom. The zero-order valence-corrected chi connectivity index (χ0v) is 11.6. The number of phenols is 1. The van der Waals surface area contributed by atoms with Crippen molar-refractivity contribution in [2.75, 3.05) is 0 Å². The molecule has 20 heavy (non-hydrogen) atoms. The predicted molar refractivity (Wildman–Crippen MR) is 82.0 cm³/mol. The van der Waals surface area contributed by atoms with Gasteiger partial charge in [0, 0.05) is 5.56 Å². The Balaban J connectivity index is 2.07. The summed E-state index contributed by atoms with van der Waals surface area (Å²) in [6, 6.07) is 14.1. The fourth-order valence-electron chi connectivity index (χ4n) is 3.50. The lowest BCUT2D eigenvalue weighted by Gasteiger charge is -2.21. The van der Waals surface area contributed by atoms with Crippen LogP contribution < -0.4 is 0 Å². The molecule has 2 atom stereocenters. The van der Waals surface area contributed by atoms with Crippen LogP contribution in [0, 0.1) is 12.3 Å². The normalized spacial score (nSPS) is 20.4. The maximum Gasteiger partial charge on any atom is 0.116 e. The van der Waals surface area contributed by atoms with Crippen LogP contribution in [0.15, 0.2) is 42.5 Å². The molecule has 0 aromatic heterocycles. The topological polar surface area (TPSA) is 20.2 Å². The van der Waals surface area contributed by atoms with Crippen molar-refractivity contribution < 1.29 is 5.11 Å². The largest absolute Gasteiger partial charge is 0.508 e. The fourth-order valence-corrected chi connectivity index (χ4v) is 3.50. The monoisotopic (exact) mass is 262 g/mol. The fraction of sp³-hybridized carbons (Fsp3) is 0.263. The molecule has 3 rings (SSSR count). The lowest BCUT2D eigenvalue weighted by Crippen LogP contribution is -2.07. The van der Waals surface area contributed by atoms with Gasteiger partial charge in [-0.15, -0.1) is 6.42 Å². The number of hydrogen-bond acceptors (Lipinski definition) is 1. The molecule has 0 amide bonds. The van der Waals surface area contributed by atoms with E-state index in [2.05, 4.69) is 37.1 Å². The van der Waals surface area contributed by atoms with Gasteiger partial charge in [-0.25, -0.2) is 0 Å². The quantitative estimate of drug-likeness (QED) is 0.804. The smallest absolute Gasteiger partial charge is 0.116 e. The first-order valence-electron chi connectivity index (χ1n) is 7.12. The van der Waals surface area contributed by atoms with Crippen LogP contribution in [0.3, 0.4) is 0 Å². The number of rotatable bonds is 2. The summed E-state index contributed by atoms with van der Waals surface area (Å²) in [5.41, 5.74) is 4.89. The highest BCUT2D eigenvalue weighted by Gasteiger charge is 2.32. The second-order valence-corrected chi connectivity index (χ2v) is 5.44. The van der Waals surface area contributed by atoms with E-state index < -0.39 is 0 Å². The Hall–Kier alpha value is -2.20. The molecule has 100 valence electrons. The average molecular weight is 262 g/mol. The second-order valence-electron chi connectivity index (χ2n) is 5.44. The zero-order valence-electron chi connectivity index (χ0n) is 11.6. The highest BCUT2D eigenvalue weighted by Crippen LogP contribution is 2.46. The van der Waals surface area contributed by atoms with Crippen LogP contribution in [0.25, 0.3) is 0 Å². The number of hydrogen-bond donors (Lipinski definition) is 1. The van der Waals surface area contributed by atoms with Crippen LogP contribution in [0.5, 0.6) is 5.75 Å². The average Bonchev–Trinajstić information content (AvgIpc) is 2.85. The third-order valence-corrected chi connectivity index (χ3v) is 4.41. The molecule has 0 bridgehead atoms. The molecule has 1 nitrogen and oxygen atoms in total. The predicted octanol–water partition coefficient (Wildman–Crippen LogP) is 4.21. The molecule has 1 aliphatic carbocycles. The van der Waals surface area contributed by atoms with Gasteiger partial charge in [0.15, 0.2) is 0 Å². The van der Waals surface area contributed by atoms with Crippen molar-refractivity contribution >= 4 is 0 Å². The Labute approximate surface area is 120 Å². The van der Waals surface area contributed by atoms with Crippen LogP contribution in [0.1, 0.15) is 47.4 Å². The third-order valence-electron chi connectivity index (χ3n) is 4.41. The molecule has 2 aromatic carbocycles. The summed E-state index contributed by atoms with van der Waals surface area (Å²) in [6.07, 6.45) is 7.76. The minimum absolute atomic E-state index is 0.241. The molecule has 0 saturated heterocycles. The zero-order chi connectivity index (χ0) is 14.1. The van der Waals surface area contributed by atoms with Gasteiger partial charge in [0.05, 0.1) is 0 Å². The van der Waals surface area contributed by atoms with Crippen LogP contribution in [-0.2, 0) is 6.42 Å². The van der Waals surface area contributed by atoms with E-state index >= 15 is 0 Å². The lowest BCUT2D eigenvalue weighted by atomic mass is 9.83. The van der Waals surface area contributed by atoms with Crippen molar-refractivity contribution in [3.63, 3.8) is 0 Å². The molecule has 0 radical (unpaired) electrons. The summed E-state index contributed by atoms with van der Waals surface area (Å²) >= 11 is 0. The van der Waals surface area contributed by atoms with Gasteiger partial charge in [0.1, 0.15) is 5.75 Å². The molecule has 1 N–H and O–H groups in total. The van der Waals surface area contributed by atoms with E-state index in [0.29, 0.717) is 11.8 Å². The van der Waals surface area contributed by atoms with Gasteiger partial charge in [0.2, 0.25) is 0 Å². The first-order valence-corrected chi connectivity index (χ1v) is 7.12. The van der Waals surface area contributed by atoms with Crippen molar-refractivity contribution in [1.29, 1.82) is 0 Å². The van der Waals surface area contributed by atoms with Gasteiger partial charge >= 0.3 is 0 Å². The van der Waals surface area contributed by atoms with Gasteiger partial charge in [-0.1, -0.05) is 43.2 Å². The maximum atomic E-state index is 9.61. The minimum atomic E-state index is 0.241. The molecular formula is C19H18O. The summed E-state index contributed by atoms with van der Waals surface area (Å²) < 4.78 is 0. The van der Waals surface area contributed by atoms with E-state index in [1.807, 2.05) is 6.07 Å². The number of benzene rings is 2. The summed E-state index contributed by atoms with van der Waals surface area (Å²) in [5.74, 6) is 3.90. The highest BCUT2D eigenvalue weighted by molar-refractivity contribution is 5.50. The molecule has 1 aliphatic rings. The molecule has 0 spiro atoms. The lowest BCUT2D eigenvalue weighted by molar-refractivity contribution is 0.474. The summed E-state index contributed by atoms with van der Waals surface area (Å²) in [6.45, 7) is 2.23. The van der Waals surface area contributed by atoms with Gasteiger partial charge in [-0.2, -0.15) is 0 Å². The number of fused-ring (bicyclic) bond motifs is 1. The van der Waals surface area contributed by atoms with E-state index in [1.54, 1.807) is 12.1 Å². The Kier molecular flexibility index (Phi) is 3.24. The maximum absolute atomic E-state index is 9.61. The molecular weight excluding hydrogens is 244 g/mol. The standard InChI is InChI=1S/C19H18O/c1-3-13-11-15(20)9-10-18(13)19-12-14-7-5-6-8-17(14)16(19)4-2/h1,5-11,16,19-20H,4,12H2,2H3. The van der Waals surface area contributed by atoms with Crippen LogP contribution in [-0.4, -0.2) is 5.11 Å². The van der Waals surface area contributed by atoms with E-state index in [-0.39, 0.29) is 5.75 Å². The van der Waals surface area contributed by atoms with Gasteiger partial charge in [-0.3, -0.25) is 0 Å². The third kappa shape index (κ3) is 1.98. The Bertz CT molecular complexity index is 678. The molecule has 0 saturated carbocycles. The molecule has 2 unspecified atom stereocenters. The first kappa shape index (κ1) is 12.8. The van der Waals surface area contributed by atoms with E-state index in [9.17, 15) is 5.11 Å². The van der Waals surface area contributed by atoms with E-state index in [1.165, 1.54) is 16.7 Å². The Morgan fingerprint density at radius 2 is 2.00 bits per heavy atom. The van der Waals surface area contributed by atoms with Crippen LogP contribution >= 0.6 is 0 Å². The van der Waals surface area contributed by atoms with Crippen molar-refractivity contribution in [2.24, 2.45) is 0 Å². The summed E-state index contributed by atoms with van der Waals surface area (Å²) in [4.78, 5) is 0. The number of aromatic hydroxyl groups is 1. The molecule has 1 heteroatoms. The number of phenolic OH excluding ortho intramolecular Hbond substituents is 1. The molecule has 2 aromatic rings. The SMILES string of the molecule is C#Cc1cc(O)ccc1C1Cc2ccccc2C1CC. The van der Waals surface area contributed by atoms with Crippen LogP contribution in [0.4, 0.5) is 0 Å². The van der Waals surface area contributed by atoms with Gasteiger partial charge in [0.25, 0.3) is 0 Å². The highest BCUT2D eigenvalue weighted by atomic mass is 16.3. The van der Waals surface area contributed by atoms with Gasteiger partial charge < -0.3 is 5.11 Å². The number of terminal acetylenes is 1.